The van der Waals surface area contributed by atoms with Crippen LogP contribution < -0.4 is 0 Å². The fourth-order valence-corrected chi connectivity index (χ4v) is 1.80. The molecule has 2 rings (SSSR count). The zero-order valence-electron chi connectivity index (χ0n) is 10.9. The van der Waals surface area contributed by atoms with E-state index in [-0.39, 0.29) is 20.4 Å². The molecule has 1 N–H and O–H groups in total. The van der Waals surface area contributed by atoms with E-state index in [1.165, 1.54) is 64.2 Å². The molecule has 0 bridgehead atoms. The average molecular weight is 333 g/mol. The maximum Gasteiger partial charge on any atom is 2.00 e. The number of hydrogen-bond donors (Lipinski definition) is 1. The molecular formula is C14H26O2Pd. The minimum atomic E-state index is -0.833. The van der Waals surface area contributed by atoms with Gasteiger partial charge in [-0.1, -0.05) is 38.5 Å². The summed E-state index contributed by atoms with van der Waals surface area (Å²) in [4.78, 5) is 9.00. The van der Waals surface area contributed by atoms with E-state index in [1.807, 2.05) is 0 Å². The third-order valence-corrected chi connectivity index (χ3v) is 2.63. The molecule has 0 aromatic rings. The monoisotopic (exact) mass is 332 g/mol. The molecule has 0 heterocycles. The van der Waals surface area contributed by atoms with Crippen molar-refractivity contribution in [1.29, 1.82) is 0 Å². The zero-order chi connectivity index (χ0) is 12.1. The van der Waals surface area contributed by atoms with E-state index in [1.54, 1.807) is 0 Å². The predicted molar refractivity (Wildman–Crippen MR) is 68.1 cm³/mol. The third kappa shape index (κ3) is 21.9. The molecule has 0 saturated heterocycles. The molecule has 0 aliphatic heterocycles. The molecule has 2 nitrogen and oxygen atoms in total. The normalized spacial score (nSPS) is 18.4. The SMILES string of the molecule is CC(=O)O.[CH-]1CCCCC1.[CH-]1CCCCC1.[Pd+2]. The third-order valence-electron chi connectivity index (χ3n) is 2.63. The van der Waals surface area contributed by atoms with Gasteiger partial charge in [0.15, 0.2) is 0 Å². The van der Waals surface area contributed by atoms with Crippen LogP contribution in [0.25, 0.3) is 0 Å². The van der Waals surface area contributed by atoms with Crippen molar-refractivity contribution in [2.24, 2.45) is 0 Å². The Morgan fingerprint density at radius 2 is 1.06 bits per heavy atom. The molecule has 17 heavy (non-hydrogen) atoms. The van der Waals surface area contributed by atoms with Crippen molar-refractivity contribution in [3.05, 3.63) is 12.8 Å². The van der Waals surface area contributed by atoms with Gasteiger partial charge in [0.25, 0.3) is 5.97 Å². The van der Waals surface area contributed by atoms with E-state index in [0.29, 0.717) is 0 Å². The van der Waals surface area contributed by atoms with Gasteiger partial charge < -0.3 is 17.9 Å². The molecule has 2 saturated carbocycles. The molecule has 0 atom stereocenters. The van der Waals surface area contributed by atoms with E-state index in [2.05, 4.69) is 12.8 Å². The molecular weight excluding hydrogens is 307 g/mol. The number of carboxylic acid groups (broad SMARTS) is 1. The van der Waals surface area contributed by atoms with Crippen LogP contribution in [-0.2, 0) is 25.2 Å². The molecule has 2 aliphatic carbocycles. The van der Waals surface area contributed by atoms with Crippen LogP contribution in [0.5, 0.6) is 0 Å². The fourth-order valence-electron chi connectivity index (χ4n) is 1.80. The van der Waals surface area contributed by atoms with Gasteiger partial charge in [0.1, 0.15) is 0 Å². The smallest absolute Gasteiger partial charge is 0.481 e. The summed E-state index contributed by atoms with van der Waals surface area (Å²) < 4.78 is 0. The first kappa shape index (κ1) is 19.5. The maximum atomic E-state index is 9.00. The Kier molecular flexibility index (Phi) is 18.5. The van der Waals surface area contributed by atoms with E-state index in [9.17, 15) is 0 Å². The number of carbonyl (C=O) groups is 1. The summed E-state index contributed by atoms with van der Waals surface area (Å²) in [6, 6.07) is 0. The summed E-state index contributed by atoms with van der Waals surface area (Å²) >= 11 is 0. The van der Waals surface area contributed by atoms with Gasteiger partial charge in [0.2, 0.25) is 0 Å². The standard InChI is InChI=1S/2C6H11.C2H4O2.Pd/c2*1-2-4-6-5-3-1;1-2(3)4;/h2*1H,2-6H2;1H3,(H,3,4);/q2*-1;;+2. The van der Waals surface area contributed by atoms with Gasteiger partial charge in [0.05, 0.1) is 0 Å². The summed E-state index contributed by atoms with van der Waals surface area (Å²) in [5, 5.41) is 7.42. The largest absolute Gasteiger partial charge is 2.00 e. The van der Waals surface area contributed by atoms with Gasteiger partial charge in [-0.3, -0.25) is 4.79 Å². The molecule has 2 aliphatic rings. The van der Waals surface area contributed by atoms with Crippen LogP contribution >= 0.6 is 0 Å². The summed E-state index contributed by atoms with van der Waals surface area (Å²) in [5.41, 5.74) is 0. The first-order valence-corrected chi connectivity index (χ1v) is 6.56. The minimum absolute atomic E-state index is 0. The summed E-state index contributed by atoms with van der Waals surface area (Å²) in [6.45, 7) is 1.08. The average Bonchev–Trinajstić information content (AvgIpc) is 2.34. The van der Waals surface area contributed by atoms with Crippen molar-refractivity contribution < 1.29 is 30.3 Å². The second-order valence-corrected chi connectivity index (χ2v) is 4.37. The molecule has 0 aromatic heterocycles. The van der Waals surface area contributed by atoms with Gasteiger partial charge in [-0.2, -0.15) is 25.7 Å². The van der Waals surface area contributed by atoms with Gasteiger partial charge in [-0.15, -0.1) is 0 Å². The van der Waals surface area contributed by atoms with Gasteiger partial charge in [-0.05, 0) is 0 Å². The second kappa shape index (κ2) is 16.1. The van der Waals surface area contributed by atoms with E-state index in [0.717, 1.165) is 6.92 Å². The van der Waals surface area contributed by atoms with Crippen LogP contribution in [-0.4, -0.2) is 11.1 Å². The molecule has 3 heteroatoms. The van der Waals surface area contributed by atoms with E-state index < -0.39 is 5.97 Å². The number of aliphatic carboxylic acids is 1. The predicted octanol–water partition coefficient (Wildman–Crippen LogP) is 4.40. The van der Waals surface area contributed by atoms with Crippen molar-refractivity contribution in [3.8, 4) is 0 Å². The number of hydrogen-bond acceptors (Lipinski definition) is 1. The van der Waals surface area contributed by atoms with Crippen molar-refractivity contribution in [2.45, 2.75) is 71.1 Å². The molecule has 0 radical (unpaired) electrons. The van der Waals surface area contributed by atoms with Crippen molar-refractivity contribution in [1.82, 2.24) is 0 Å². The molecule has 104 valence electrons. The molecule has 2 fully saturated rings. The Morgan fingerprint density at radius 3 is 1.12 bits per heavy atom. The van der Waals surface area contributed by atoms with Crippen molar-refractivity contribution in [2.75, 3.05) is 0 Å². The van der Waals surface area contributed by atoms with E-state index in [4.69, 9.17) is 9.90 Å². The van der Waals surface area contributed by atoms with Crippen LogP contribution in [0.1, 0.15) is 71.1 Å². The summed E-state index contributed by atoms with van der Waals surface area (Å²) in [5.74, 6) is -0.833. The van der Waals surface area contributed by atoms with Crippen LogP contribution in [0.4, 0.5) is 0 Å². The Labute approximate surface area is 120 Å². The van der Waals surface area contributed by atoms with Crippen LogP contribution in [0.15, 0.2) is 0 Å². The molecule has 0 spiro atoms. The Morgan fingerprint density at radius 1 is 0.824 bits per heavy atom. The quantitative estimate of drug-likeness (QED) is 0.527. The first-order valence-electron chi connectivity index (χ1n) is 6.56. The topological polar surface area (TPSA) is 37.3 Å². The van der Waals surface area contributed by atoms with Gasteiger partial charge in [0, 0.05) is 6.92 Å². The first-order chi connectivity index (χ1) is 7.73. The number of carboxylic acids is 1. The van der Waals surface area contributed by atoms with Gasteiger partial charge >= 0.3 is 20.4 Å². The Hall–Kier alpha value is 0.132. The Balaban J connectivity index is 0. The Bertz CT molecular complexity index is 113. The fraction of sp³-hybridized carbons (Fsp3) is 0.786. The minimum Gasteiger partial charge on any atom is -0.481 e. The van der Waals surface area contributed by atoms with Crippen LogP contribution in [0.2, 0.25) is 0 Å². The maximum absolute atomic E-state index is 9.00. The van der Waals surface area contributed by atoms with Gasteiger partial charge in [-0.25, -0.2) is 0 Å². The van der Waals surface area contributed by atoms with Crippen molar-refractivity contribution >= 4 is 5.97 Å². The molecule has 0 amide bonds. The summed E-state index contributed by atoms with van der Waals surface area (Å²) in [7, 11) is 0. The van der Waals surface area contributed by atoms with Crippen molar-refractivity contribution in [3.63, 3.8) is 0 Å². The second-order valence-electron chi connectivity index (χ2n) is 4.37. The van der Waals surface area contributed by atoms with Crippen LogP contribution in [0.3, 0.4) is 0 Å². The van der Waals surface area contributed by atoms with Crippen LogP contribution in [0, 0.1) is 12.8 Å². The zero-order valence-corrected chi connectivity index (χ0v) is 12.5. The number of rotatable bonds is 0. The van der Waals surface area contributed by atoms with E-state index >= 15 is 0 Å². The molecule has 0 unspecified atom stereocenters. The molecule has 0 aromatic carbocycles. The summed E-state index contributed by atoms with van der Waals surface area (Å²) in [6.07, 6.45) is 19.0.